The van der Waals surface area contributed by atoms with E-state index in [1.165, 1.54) is 19.3 Å². The van der Waals surface area contributed by atoms with Crippen molar-refractivity contribution < 1.29 is 9.59 Å². The lowest BCUT2D eigenvalue weighted by atomic mass is 9.95. The Morgan fingerprint density at radius 3 is 2.20 bits per heavy atom. The number of hydrogen-bond donors (Lipinski definition) is 2. The van der Waals surface area contributed by atoms with Gasteiger partial charge in [-0.25, -0.2) is 0 Å². The Kier molecular flexibility index (Phi) is 5.49. The van der Waals surface area contributed by atoms with E-state index in [1.54, 1.807) is 24.3 Å². The summed E-state index contributed by atoms with van der Waals surface area (Å²) in [6, 6.07) is 14.8. The molecule has 2 amide bonds. The molecule has 1 fully saturated rings. The van der Waals surface area contributed by atoms with Crippen molar-refractivity contribution in [1.82, 2.24) is 5.32 Å². The number of carbonyl (C=O) groups excluding carboxylic acids is 2. The molecule has 0 aromatic heterocycles. The van der Waals surface area contributed by atoms with Gasteiger partial charge in [0.05, 0.1) is 0 Å². The summed E-state index contributed by atoms with van der Waals surface area (Å²) in [5, 5.41) is 5.95. The highest BCUT2D eigenvalue weighted by molar-refractivity contribution is 6.06. The fourth-order valence-electron chi connectivity index (χ4n) is 3.16. The average Bonchev–Trinajstić information content (AvgIpc) is 2.64. The first-order valence-corrected chi connectivity index (χ1v) is 8.91. The Hall–Kier alpha value is -2.62. The van der Waals surface area contributed by atoms with Crippen molar-refractivity contribution in [3.8, 4) is 0 Å². The Balaban J connectivity index is 1.66. The third-order valence-electron chi connectivity index (χ3n) is 4.64. The van der Waals surface area contributed by atoms with Crippen LogP contribution in [0.25, 0.3) is 0 Å². The first kappa shape index (κ1) is 17.2. The number of amides is 2. The van der Waals surface area contributed by atoms with Crippen LogP contribution in [0, 0.1) is 6.92 Å². The second-order valence-electron chi connectivity index (χ2n) is 6.71. The summed E-state index contributed by atoms with van der Waals surface area (Å²) in [5.41, 5.74) is 2.89. The lowest BCUT2D eigenvalue weighted by Gasteiger charge is -2.22. The molecule has 0 unspecified atom stereocenters. The van der Waals surface area contributed by atoms with Crippen molar-refractivity contribution in [2.45, 2.75) is 45.1 Å². The second kappa shape index (κ2) is 7.97. The number of anilines is 1. The molecule has 0 bridgehead atoms. The summed E-state index contributed by atoms with van der Waals surface area (Å²) in [6.07, 6.45) is 5.67. The van der Waals surface area contributed by atoms with E-state index in [9.17, 15) is 9.59 Å². The van der Waals surface area contributed by atoms with Crippen LogP contribution in [0.4, 0.5) is 5.69 Å². The largest absolute Gasteiger partial charge is 0.349 e. The van der Waals surface area contributed by atoms with Crippen LogP contribution < -0.4 is 10.6 Å². The summed E-state index contributed by atoms with van der Waals surface area (Å²) in [7, 11) is 0. The Morgan fingerprint density at radius 2 is 1.52 bits per heavy atom. The Bertz CT molecular complexity index is 747. The Labute approximate surface area is 148 Å². The number of nitrogens with one attached hydrogen (secondary N) is 2. The fraction of sp³-hybridized carbons (Fsp3) is 0.333. The normalized spacial score (nSPS) is 14.8. The lowest BCUT2D eigenvalue weighted by molar-refractivity contribution is 0.0927. The van der Waals surface area contributed by atoms with E-state index in [1.807, 2.05) is 31.2 Å². The number of aryl methyl sites for hydroxylation is 1. The third-order valence-corrected chi connectivity index (χ3v) is 4.64. The highest BCUT2D eigenvalue weighted by atomic mass is 16.2. The van der Waals surface area contributed by atoms with Crippen LogP contribution in [0.2, 0.25) is 0 Å². The van der Waals surface area contributed by atoms with Gasteiger partial charge in [0, 0.05) is 22.9 Å². The number of rotatable bonds is 4. The zero-order valence-corrected chi connectivity index (χ0v) is 14.5. The minimum Gasteiger partial charge on any atom is -0.349 e. The highest BCUT2D eigenvalue weighted by Gasteiger charge is 2.17. The molecular formula is C21H24N2O2. The molecule has 2 aromatic rings. The molecule has 0 aliphatic heterocycles. The van der Waals surface area contributed by atoms with Crippen LogP contribution in [-0.2, 0) is 0 Å². The van der Waals surface area contributed by atoms with Crippen molar-refractivity contribution >= 4 is 17.5 Å². The molecule has 4 heteroatoms. The van der Waals surface area contributed by atoms with E-state index >= 15 is 0 Å². The van der Waals surface area contributed by atoms with Gasteiger partial charge in [-0.3, -0.25) is 9.59 Å². The van der Waals surface area contributed by atoms with Gasteiger partial charge < -0.3 is 10.6 Å². The van der Waals surface area contributed by atoms with E-state index in [0.29, 0.717) is 11.1 Å². The predicted octanol–water partition coefficient (Wildman–Crippen LogP) is 4.31. The fourth-order valence-corrected chi connectivity index (χ4v) is 3.16. The number of carbonyl (C=O) groups is 2. The van der Waals surface area contributed by atoms with E-state index in [-0.39, 0.29) is 17.9 Å². The zero-order valence-electron chi connectivity index (χ0n) is 14.5. The Morgan fingerprint density at radius 1 is 0.880 bits per heavy atom. The average molecular weight is 336 g/mol. The van der Waals surface area contributed by atoms with Crippen molar-refractivity contribution in [1.29, 1.82) is 0 Å². The molecule has 1 aliphatic carbocycles. The first-order valence-electron chi connectivity index (χ1n) is 8.91. The molecule has 2 N–H and O–H groups in total. The molecule has 0 saturated heterocycles. The van der Waals surface area contributed by atoms with Gasteiger partial charge in [-0.15, -0.1) is 0 Å². The number of benzene rings is 2. The quantitative estimate of drug-likeness (QED) is 0.874. The maximum Gasteiger partial charge on any atom is 0.255 e. The smallest absolute Gasteiger partial charge is 0.255 e. The molecule has 25 heavy (non-hydrogen) atoms. The summed E-state index contributed by atoms with van der Waals surface area (Å²) < 4.78 is 0. The summed E-state index contributed by atoms with van der Waals surface area (Å²) in [5.74, 6) is -0.312. The van der Waals surface area contributed by atoms with Gasteiger partial charge in [0.1, 0.15) is 0 Å². The van der Waals surface area contributed by atoms with Gasteiger partial charge in [0.25, 0.3) is 11.8 Å². The lowest BCUT2D eigenvalue weighted by Crippen LogP contribution is -2.36. The van der Waals surface area contributed by atoms with Crippen LogP contribution in [-0.4, -0.2) is 17.9 Å². The minimum absolute atomic E-state index is 0.100. The molecule has 4 nitrogen and oxygen atoms in total. The van der Waals surface area contributed by atoms with Gasteiger partial charge in [-0.2, -0.15) is 0 Å². The molecule has 2 aromatic carbocycles. The first-order chi connectivity index (χ1) is 12.1. The van der Waals surface area contributed by atoms with Crippen LogP contribution in [0.3, 0.4) is 0 Å². The molecule has 1 aliphatic rings. The molecule has 0 heterocycles. The van der Waals surface area contributed by atoms with E-state index in [4.69, 9.17) is 0 Å². The molecule has 0 radical (unpaired) electrons. The van der Waals surface area contributed by atoms with Crippen molar-refractivity contribution in [2.24, 2.45) is 0 Å². The molecule has 130 valence electrons. The molecular weight excluding hydrogens is 312 g/mol. The summed E-state index contributed by atoms with van der Waals surface area (Å²) in [4.78, 5) is 24.9. The van der Waals surface area contributed by atoms with Gasteiger partial charge in [-0.05, 0) is 50.1 Å². The van der Waals surface area contributed by atoms with Gasteiger partial charge in [0.2, 0.25) is 0 Å². The van der Waals surface area contributed by atoms with Crippen LogP contribution in [0.15, 0.2) is 48.5 Å². The topological polar surface area (TPSA) is 58.2 Å². The summed E-state index contributed by atoms with van der Waals surface area (Å²) >= 11 is 0. The molecule has 1 saturated carbocycles. The highest BCUT2D eigenvalue weighted by Crippen LogP contribution is 2.18. The second-order valence-corrected chi connectivity index (χ2v) is 6.71. The summed E-state index contributed by atoms with van der Waals surface area (Å²) in [6.45, 7) is 2.00. The monoisotopic (exact) mass is 336 g/mol. The molecule has 0 atom stereocenters. The van der Waals surface area contributed by atoms with Gasteiger partial charge in [0.15, 0.2) is 0 Å². The van der Waals surface area contributed by atoms with Crippen molar-refractivity contribution in [2.75, 3.05) is 5.32 Å². The maximum absolute atomic E-state index is 12.4. The van der Waals surface area contributed by atoms with Gasteiger partial charge in [-0.1, -0.05) is 43.0 Å². The van der Waals surface area contributed by atoms with E-state index in [2.05, 4.69) is 10.6 Å². The zero-order chi connectivity index (χ0) is 17.6. The maximum atomic E-state index is 12.4. The van der Waals surface area contributed by atoms with Crippen molar-refractivity contribution in [3.05, 3.63) is 65.2 Å². The van der Waals surface area contributed by atoms with Crippen LogP contribution >= 0.6 is 0 Å². The third kappa shape index (κ3) is 4.69. The standard InChI is InChI=1S/C21H24N2O2/c1-15-10-12-19(13-11-15)23-21(25)17-7-5-6-16(14-17)20(24)22-18-8-3-2-4-9-18/h5-7,10-14,18H,2-4,8-9H2,1H3,(H,22,24)(H,23,25). The minimum atomic E-state index is -0.212. The SMILES string of the molecule is Cc1ccc(NC(=O)c2cccc(C(=O)NC3CCCCC3)c2)cc1. The van der Waals surface area contributed by atoms with Crippen LogP contribution in [0.1, 0.15) is 58.4 Å². The molecule has 0 spiro atoms. The van der Waals surface area contributed by atoms with Gasteiger partial charge >= 0.3 is 0 Å². The molecule has 3 rings (SSSR count). The van der Waals surface area contributed by atoms with Crippen LogP contribution in [0.5, 0.6) is 0 Å². The predicted molar refractivity (Wildman–Crippen MR) is 99.9 cm³/mol. The van der Waals surface area contributed by atoms with Crippen molar-refractivity contribution in [3.63, 3.8) is 0 Å². The van der Waals surface area contributed by atoms with E-state index < -0.39 is 0 Å². The number of hydrogen-bond acceptors (Lipinski definition) is 2. The van der Waals surface area contributed by atoms with E-state index in [0.717, 1.165) is 24.1 Å².